The first-order valence-electron chi connectivity index (χ1n) is 19.7. The SMILES string of the molecule is CC1(C)O[C@H]2[C@@H](O1)[C@@H](COCC(O)CNCCCCCCCNCC(O)COC[C@H]1O[C@@H]3OC(C)(C)O[C@@H]3[C@H]3OC(C)(C)O[C@H]31)O[C@@H]1OC(C)(C)O[C@@H]12. The summed E-state index contributed by atoms with van der Waals surface area (Å²) < 4.78 is 72.6. The van der Waals surface area contributed by atoms with Crippen molar-refractivity contribution in [2.75, 3.05) is 52.6 Å². The van der Waals surface area contributed by atoms with Gasteiger partial charge in [-0.3, -0.25) is 0 Å². The van der Waals surface area contributed by atoms with Crippen molar-refractivity contribution in [1.29, 1.82) is 0 Å². The van der Waals surface area contributed by atoms with Crippen LogP contribution < -0.4 is 10.6 Å². The Morgan fingerprint density at radius 3 is 1.23 bits per heavy atom. The number of hydrogen-bond donors (Lipinski definition) is 4. The van der Waals surface area contributed by atoms with Crippen molar-refractivity contribution in [3.8, 4) is 0 Å². The molecule has 4 N–H and O–H groups in total. The summed E-state index contributed by atoms with van der Waals surface area (Å²) >= 11 is 0. The molecule has 6 fully saturated rings. The van der Waals surface area contributed by atoms with Gasteiger partial charge in [0.25, 0.3) is 0 Å². The summed E-state index contributed by atoms with van der Waals surface area (Å²) in [6, 6.07) is 0. The molecule has 16 nitrogen and oxygen atoms in total. The zero-order chi connectivity index (χ0) is 38.0. The predicted molar refractivity (Wildman–Crippen MR) is 188 cm³/mol. The van der Waals surface area contributed by atoms with Gasteiger partial charge >= 0.3 is 0 Å². The number of nitrogens with one attached hydrogen (secondary N) is 2. The van der Waals surface area contributed by atoms with E-state index < -0.39 is 60.1 Å². The van der Waals surface area contributed by atoms with E-state index in [-0.39, 0.29) is 63.1 Å². The Kier molecular flexibility index (Phi) is 13.8. The van der Waals surface area contributed by atoms with E-state index in [0.29, 0.717) is 13.1 Å². The van der Waals surface area contributed by atoms with Crippen LogP contribution in [0.25, 0.3) is 0 Å². The van der Waals surface area contributed by atoms with Crippen LogP contribution in [0.1, 0.15) is 87.5 Å². The Labute approximate surface area is 314 Å². The summed E-state index contributed by atoms with van der Waals surface area (Å²) in [7, 11) is 0. The lowest BCUT2D eigenvalue weighted by atomic mass is 9.99. The Hall–Kier alpha value is -0.640. The largest absolute Gasteiger partial charge is 0.389 e. The fourth-order valence-electron chi connectivity index (χ4n) is 7.98. The van der Waals surface area contributed by atoms with Gasteiger partial charge in [0.2, 0.25) is 0 Å². The van der Waals surface area contributed by atoms with E-state index in [2.05, 4.69) is 10.6 Å². The van der Waals surface area contributed by atoms with Gasteiger partial charge in [0, 0.05) is 13.1 Å². The van der Waals surface area contributed by atoms with Crippen LogP contribution in [0, 0.1) is 0 Å². The molecule has 308 valence electrons. The molecule has 6 rings (SSSR count). The highest BCUT2D eigenvalue weighted by molar-refractivity contribution is 5.01. The first kappa shape index (κ1) is 42.0. The van der Waals surface area contributed by atoms with Gasteiger partial charge in [0.15, 0.2) is 35.7 Å². The van der Waals surface area contributed by atoms with E-state index in [1.807, 2.05) is 55.4 Å². The molecule has 0 aromatic rings. The van der Waals surface area contributed by atoms with Gasteiger partial charge in [0.1, 0.15) is 48.8 Å². The summed E-state index contributed by atoms with van der Waals surface area (Å²) in [6.45, 7) is 18.4. The topological polar surface area (TPSA) is 175 Å². The highest BCUT2D eigenvalue weighted by Crippen LogP contribution is 2.45. The molecule has 0 saturated carbocycles. The van der Waals surface area contributed by atoms with E-state index in [1.54, 1.807) is 0 Å². The Bertz CT molecular complexity index is 1070. The molecule has 0 bridgehead atoms. The second kappa shape index (κ2) is 17.5. The van der Waals surface area contributed by atoms with Gasteiger partial charge < -0.3 is 77.7 Å². The third-order valence-electron chi connectivity index (χ3n) is 10.2. The molecular weight excluding hydrogens is 696 g/mol. The maximum atomic E-state index is 10.4. The van der Waals surface area contributed by atoms with Crippen molar-refractivity contribution in [2.45, 2.75) is 184 Å². The molecule has 16 heteroatoms. The minimum Gasteiger partial charge on any atom is -0.389 e. The van der Waals surface area contributed by atoms with Crippen LogP contribution in [0.3, 0.4) is 0 Å². The molecule has 12 atom stereocenters. The standard InChI is InChI=1S/C37H66N2O14/c1-34(2)46-26-24(44-32-30(28(26)48-34)50-36(5,6)52-32)20-42-18-22(40)16-38-14-12-10-9-11-13-15-39-17-23(41)19-43-21-25-27-29(49-35(3,4)47-27)31-33(45-25)53-37(7,8)51-31/h22-33,38-41H,9-21H2,1-8H3/t22?,23?,24-,25-,26+,27+,28+,29+,30-,31-,32-,33-/m1/s1. The van der Waals surface area contributed by atoms with Gasteiger partial charge in [-0.15, -0.1) is 0 Å². The Morgan fingerprint density at radius 1 is 0.472 bits per heavy atom. The minimum absolute atomic E-state index is 0.183. The first-order valence-corrected chi connectivity index (χ1v) is 19.7. The molecule has 6 aliphatic heterocycles. The lowest BCUT2D eigenvalue weighted by Crippen LogP contribution is -2.56. The molecule has 2 unspecified atom stereocenters. The quantitative estimate of drug-likeness (QED) is 0.132. The van der Waals surface area contributed by atoms with Gasteiger partial charge in [-0.05, 0) is 81.3 Å². The molecule has 6 saturated heterocycles. The lowest BCUT2D eigenvalue weighted by molar-refractivity contribution is -0.244. The molecular formula is C37H66N2O14. The van der Waals surface area contributed by atoms with Gasteiger partial charge in [-0.25, -0.2) is 0 Å². The maximum absolute atomic E-state index is 10.4. The number of aliphatic hydroxyl groups is 2. The maximum Gasteiger partial charge on any atom is 0.190 e. The monoisotopic (exact) mass is 762 g/mol. The fraction of sp³-hybridized carbons (Fsp3) is 1.00. The van der Waals surface area contributed by atoms with E-state index in [1.165, 1.54) is 0 Å². The third-order valence-corrected chi connectivity index (χ3v) is 10.2. The summed E-state index contributed by atoms with van der Waals surface area (Å²) in [4.78, 5) is 0. The number of fused-ring (bicyclic) bond motifs is 6. The predicted octanol–water partition coefficient (Wildman–Crippen LogP) is 1.66. The van der Waals surface area contributed by atoms with Crippen LogP contribution >= 0.6 is 0 Å². The van der Waals surface area contributed by atoms with Crippen LogP contribution in [0.2, 0.25) is 0 Å². The second-order valence-electron chi connectivity index (χ2n) is 17.0. The van der Waals surface area contributed by atoms with Gasteiger partial charge in [0.05, 0.1) is 38.6 Å². The first-order chi connectivity index (χ1) is 25.0. The molecule has 0 aromatic heterocycles. The normalized spacial score (nSPS) is 38.6. The van der Waals surface area contributed by atoms with Crippen LogP contribution in [0.15, 0.2) is 0 Å². The minimum atomic E-state index is -0.769. The Morgan fingerprint density at radius 2 is 0.811 bits per heavy atom. The van der Waals surface area contributed by atoms with Gasteiger partial charge in [-0.2, -0.15) is 0 Å². The van der Waals surface area contributed by atoms with Crippen molar-refractivity contribution < 1.29 is 67.1 Å². The Balaban J connectivity index is 0.745. The number of ether oxygens (including phenoxy) is 12. The zero-order valence-corrected chi connectivity index (χ0v) is 32.9. The van der Waals surface area contributed by atoms with E-state index in [4.69, 9.17) is 56.8 Å². The average Bonchev–Trinajstić information content (AvgIpc) is 3.76. The van der Waals surface area contributed by atoms with Crippen molar-refractivity contribution >= 4 is 0 Å². The van der Waals surface area contributed by atoms with E-state index in [9.17, 15) is 10.2 Å². The zero-order valence-electron chi connectivity index (χ0n) is 32.9. The molecule has 0 radical (unpaired) electrons. The van der Waals surface area contributed by atoms with Crippen molar-refractivity contribution in [3.63, 3.8) is 0 Å². The molecule has 0 spiro atoms. The molecule has 0 amide bonds. The smallest absolute Gasteiger partial charge is 0.190 e. The highest BCUT2D eigenvalue weighted by Gasteiger charge is 2.62. The second-order valence-corrected chi connectivity index (χ2v) is 17.0. The van der Waals surface area contributed by atoms with Crippen LogP contribution in [-0.2, 0) is 56.8 Å². The molecule has 6 aliphatic rings. The van der Waals surface area contributed by atoms with Crippen LogP contribution in [0.4, 0.5) is 0 Å². The number of unbranched alkanes of at least 4 members (excludes halogenated alkanes) is 4. The fourth-order valence-corrected chi connectivity index (χ4v) is 7.98. The summed E-state index contributed by atoms with van der Waals surface area (Å²) in [5, 5.41) is 27.5. The highest BCUT2D eigenvalue weighted by atomic mass is 16.9. The summed E-state index contributed by atoms with van der Waals surface area (Å²) in [5.74, 6) is -3.06. The molecule has 0 aromatic carbocycles. The third kappa shape index (κ3) is 11.3. The molecule has 6 heterocycles. The molecule has 0 aliphatic carbocycles. The number of rotatable bonds is 20. The summed E-state index contributed by atoms with van der Waals surface area (Å²) in [6.07, 6.45) is 0.105. The number of hydrogen-bond acceptors (Lipinski definition) is 16. The van der Waals surface area contributed by atoms with E-state index >= 15 is 0 Å². The van der Waals surface area contributed by atoms with Crippen LogP contribution in [-0.4, -0.2) is 160 Å². The number of aliphatic hydroxyl groups excluding tert-OH is 2. The van der Waals surface area contributed by atoms with Crippen molar-refractivity contribution in [2.24, 2.45) is 0 Å². The average molecular weight is 763 g/mol. The van der Waals surface area contributed by atoms with E-state index in [0.717, 1.165) is 45.2 Å². The lowest BCUT2D eigenvalue weighted by Gasteiger charge is -2.37. The van der Waals surface area contributed by atoms with Crippen LogP contribution in [0.5, 0.6) is 0 Å². The van der Waals surface area contributed by atoms with Gasteiger partial charge in [-0.1, -0.05) is 19.3 Å². The van der Waals surface area contributed by atoms with Crippen molar-refractivity contribution in [3.05, 3.63) is 0 Å². The molecule has 53 heavy (non-hydrogen) atoms. The van der Waals surface area contributed by atoms with Crippen molar-refractivity contribution in [1.82, 2.24) is 10.6 Å². The summed E-state index contributed by atoms with van der Waals surface area (Å²) in [5.41, 5.74) is 0.